The van der Waals surface area contributed by atoms with Crippen molar-refractivity contribution in [1.82, 2.24) is 10.3 Å². The summed E-state index contributed by atoms with van der Waals surface area (Å²) in [4.78, 5) is 16.4. The van der Waals surface area contributed by atoms with Gasteiger partial charge < -0.3 is 10.6 Å². The van der Waals surface area contributed by atoms with Crippen molar-refractivity contribution in [2.75, 3.05) is 11.9 Å². The molecule has 0 aliphatic heterocycles. The Bertz CT molecular complexity index is 653. The average molecular weight is 311 g/mol. The number of nitrogens with zero attached hydrogens (tertiary/aromatic N) is 1. The monoisotopic (exact) mass is 311 g/mol. The molecule has 0 aliphatic carbocycles. The number of nitrogens with one attached hydrogen (secondary N) is 2. The van der Waals surface area contributed by atoms with Crippen molar-refractivity contribution >= 4 is 11.6 Å². The van der Waals surface area contributed by atoms with E-state index in [0.717, 1.165) is 24.2 Å². The second kappa shape index (κ2) is 8.32. The van der Waals surface area contributed by atoms with Gasteiger partial charge >= 0.3 is 0 Å². The smallest absolute Gasteiger partial charge is 0.270 e. The van der Waals surface area contributed by atoms with Gasteiger partial charge in [-0.3, -0.25) is 9.78 Å². The number of carbonyl (C=O) groups excluding carboxylic acids is 1. The number of amides is 1. The molecule has 0 atom stereocenters. The molecule has 0 spiro atoms. The van der Waals surface area contributed by atoms with Crippen LogP contribution >= 0.6 is 0 Å². The fourth-order valence-electron chi connectivity index (χ4n) is 2.26. The normalized spacial score (nSPS) is 10.6. The number of hydrogen-bond acceptors (Lipinski definition) is 3. The van der Waals surface area contributed by atoms with Crippen LogP contribution in [0.5, 0.6) is 0 Å². The minimum absolute atomic E-state index is 0.154. The largest absolute Gasteiger partial charge is 0.385 e. The molecule has 2 rings (SSSR count). The predicted molar refractivity (Wildman–Crippen MR) is 94.5 cm³/mol. The number of aromatic nitrogens is 1. The lowest BCUT2D eigenvalue weighted by Gasteiger charge is -2.10. The molecule has 0 fully saturated rings. The van der Waals surface area contributed by atoms with Crippen molar-refractivity contribution in [2.24, 2.45) is 5.92 Å². The van der Waals surface area contributed by atoms with E-state index in [9.17, 15) is 4.79 Å². The van der Waals surface area contributed by atoms with Crippen LogP contribution in [0.3, 0.4) is 0 Å². The van der Waals surface area contributed by atoms with E-state index >= 15 is 0 Å². The van der Waals surface area contributed by atoms with Gasteiger partial charge in [0.1, 0.15) is 5.69 Å². The van der Waals surface area contributed by atoms with E-state index in [4.69, 9.17) is 0 Å². The Morgan fingerprint density at radius 2 is 2.04 bits per heavy atom. The van der Waals surface area contributed by atoms with E-state index in [-0.39, 0.29) is 5.91 Å². The molecule has 122 valence electrons. The lowest BCUT2D eigenvalue weighted by molar-refractivity contribution is 0.0946. The lowest BCUT2D eigenvalue weighted by Crippen LogP contribution is -2.24. The maximum Gasteiger partial charge on any atom is 0.270 e. The molecule has 0 radical (unpaired) electrons. The zero-order chi connectivity index (χ0) is 16.7. The van der Waals surface area contributed by atoms with Crippen molar-refractivity contribution < 1.29 is 4.79 Å². The predicted octanol–water partition coefficient (Wildman–Crippen LogP) is 3.78. The molecule has 0 saturated heterocycles. The van der Waals surface area contributed by atoms with Crippen molar-refractivity contribution in [3.63, 3.8) is 0 Å². The van der Waals surface area contributed by atoms with Crippen LogP contribution < -0.4 is 10.6 Å². The van der Waals surface area contributed by atoms with Gasteiger partial charge in [0, 0.05) is 25.0 Å². The number of anilines is 1. The molecule has 1 amide bonds. The van der Waals surface area contributed by atoms with E-state index in [1.54, 1.807) is 12.3 Å². The third kappa shape index (κ3) is 5.74. The Balaban J connectivity index is 1.91. The fourth-order valence-corrected chi connectivity index (χ4v) is 2.26. The van der Waals surface area contributed by atoms with Gasteiger partial charge in [0.25, 0.3) is 5.91 Å². The number of aryl methyl sites for hydroxylation is 1. The van der Waals surface area contributed by atoms with E-state index in [1.165, 1.54) is 5.56 Å². The highest BCUT2D eigenvalue weighted by Crippen LogP contribution is 2.10. The molecule has 0 unspecified atom stereocenters. The molecular weight excluding hydrogens is 286 g/mol. The Morgan fingerprint density at radius 1 is 1.22 bits per heavy atom. The molecule has 2 N–H and O–H groups in total. The van der Waals surface area contributed by atoms with E-state index in [1.807, 2.05) is 31.2 Å². The standard InChI is InChI=1S/C19H25N3O/c1-14(2)7-9-20-17-8-10-21-18(12-17)19(23)22-13-16-6-4-5-15(3)11-16/h4-6,8,10-12,14H,7,9,13H2,1-3H3,(H,20,21)(H,22,23). The molecular formula is C19H25N3O. The third-order valence-corrected chi connectivity index (χ3v) is 3.58. The maximum atomic E-state index is 12.2. The summed E-state index contributed by atoms with van der Waals surface area (Å²) in [5.41, 5.74) is 3.64. The molecule has 2 aromatic rings. The Hall–Kier alpha value is -2.36. The third-order valence-electron chi connectivity index (χ3n) is 3.58. The lowest BCUT2D eigenvalue weighted by atomic mass is 10.1. The number of rotatable bonds is 7. The quantitative estimate of drug-likeness (QED) is 0.818. The molecule has 1 aromatic heterocycles. The van der Waals surface area contributed by atoms with Crippen LogP contribution in [-0.4, -0.2) is 17.4 Å². The first-order chi connectivity index (χ1) is 11.0. The van der Waals surface area contributed by atoms with Gasteiger partial charge in [-0.2, -0.15) is 0 Å². The van der Waals surface area contributed by atoms with Crippen LogP contribution in [0.1, 0.15) is 41.9 Å². The molecule has 1 heterocycles. The zero-order valence-electron chi connectivity index (χ0n) is 14.1. The second-order valence-corrected chi connectivity index (χ2v) is 6.21. The van der Waals surface area contributed by atoms with Crippen molar-refractivity contribution in [3.8, 4) is 0 Å². The van der Waals surface area contributed by atoms with Crippen LogP contribution in [0.2, 0.25) is 0 Å². The summed E-state index contributed by atoms with van der Waals surface area (Å²) in [5.74, 6) is 0.500. The second-order valence-electron chi connectivity index (χ2n) is 6.21. The molecule has 4 heteroatoms. The first-order valence-electron chi connectivity index (χ1n) is 8.08. The van der Waals surface area contributed by atoms with Gasteiger partial charge in [0.05, 0.1) is 0 Å². The summed E-state index contributed by atoms with van der Waals surface area (Å²) in [6.45, 7) is 7.83. The Kier molecular flexibility index (Phi) is 6.15. The first kappa shape index (κ1) is 17.0. The molecule has 0 aliphatic rings. The van der Waals surface area contributed by atoms with Crippen LogP contribution in [0.15, 0.2) is 42.6 Å². The first-order valence-corrected chi connectivity index (χ1v) is 8.08. The van der Waals surface area contributed by atoms with Crippen LogP contribution in [0, 0.1) is 12.8 Å². The summed E-state index contributed by atoms with van der Waals surface area (Å²) in [6, 6.07) is 11.8. The van der Waals surface area contributed by atoms with Gasteiger partial charge in [-0.25, -0.2) is 0 Å². The molecule has 23 heavy (non-hydrogen) atoms. The zero-order valence-corrected chi connectivity index (χ0v) is 14.1. The van der Waals surface area contributed by atoms with E-state index < -0.39 is 0 Å². The summed E-state index contributed by atoms with van der Waals surface area (Å²) >= 11 is 0. The number of carbonyl (C=O) groups is 1. The fraction of sp³-hybridized carbons (Fsp3) is 0.368. The van der Waals surface area contributed by atoms with Crippen molar-refractivity contribution in [3.05, 3.63) is 59.4 Å². The summed E-state index contributed by atoms with van der Waals surface area (Å²) in [7, 11) is 0. The molecule has 4 nitrogen and oxygen atoms in total. The Labute approximate surface area is 138 Å². The summed E-state index contributed by atoms with van der Waals surface area (Å²) in [6.07, 6.45) is 2.76. The highest BCUT2D eigenvalue weighted by molar-refractivity contribution is 5.93. The SMILES string of the molecule is Cc1cccc(CNC(=O)c2cc(NCCC(C)C)ccn2)c1. The molecule has 1 aromatic carbocycles. The molecule has 0 saturated carbocycles. The van der Waals surface area contributed by atoms with Crippen LogP contribution in [-0.2, 0) is 6.54 Å². The van der Waals surface area contributed by atoms with E-state index in [0.29, 0.717) is 18.2 Å². The average Bonchev–Trinajstić information content (AvgIpc) is 2.52. The number of benzene rings is 1. The van der Waals surface area contributed by atoms with E-state index in [2.05, 4.69) is 35.5 Å². The maximum absolute atomic E-state index is 12.2. The van der Waals surface area contributed by atoms with Crippen LogP contribution in [0.25, 0.3) is 0 Å². The summed E-state index contributed by atoms with van der Waals surface area (Å²) in [5, 5.41) is 6.25. The minimum Gasteiger partial charge on any atom is -0.385 e. The number of hydrogen-bond donors (Lipinski definition) is 2. The van der Waals surface area contributed by atoms with Crippen molar-refractivity contribution in [2.45, 2.75) is 33.7 Å². The van der Waals surface area contributed by atoms with Gasteiger partial charge in [0.15, 0.2) is 0 Å². The molecule has 0 bridgehead atoms. The number of pyridine rings is 1. The van der Waals surface area contributed by atoms with Crippen LogP contribution in [0.4, 0.5) is 5.69 Å². The van der Waals surface area contributed by atoms with Gasteiger partial charge in [0.2, 0.25) is 0 Å². The highest BCUT2D eigenvalue weighted by atomic mass is 16.1. The van der Waals surface area contributed by atoms with Gasteiger partial charge in [-0.1, -0.05) is 43.7 Å². The van der Waals surface area contributed by atoms with Crippen molar-refractivity contribution in [1.29, 1.82) is 0 Å². The Morgan fingerprint density at radius 3 is 2.78 bits per heavy atom. The minimum atomic E-state index is -0.154. The topological polar surface area (TPSA) is 54.0 Å². The van der Waals surface area contributed by atoms with Gasteiger partial charge in [-0.05, 0) is 37.0 Å². The van der Waals surface area contributed by atoms with Gasteiger partial charge in [-0.15, -0.1) is 0 Å². The summed E-state index contributed by atoms with van der Waals surface area (Å²) < 4.78 is 0. The highest BCUT2D eigenvalue weighted by Gasteiger charge is 2.08.